The first kappa shape index (κ1) is 26.5. The van der Waals surface area contributed by atoms with Crippen LogP contribution in [0.3, 0.4) is 0 Å². The van der Waals surface area contributed by atoms with Crippen molar-refractivity contribution in [3.05, 3.63) is 119 Å². The molecule has 208 valence electrons. The molecule has 6 rings (SSSR count). The summed E-state index contributed by atoms with van der Waals surface area (Å²) in [5, 5.41) is 8.69. The van der Waals surface area contributed by atoms with Crippen molar-refractivity contribution in [3.63, 3.8) is 0 Å². The molecule has 1 N–H and O–H groups in total. The van der Waals surface area contributed by atoms with E-state index >= 15 is 0 Å². The summed E-state index contributed by atoms with van der Waals surface area (Å²) in [7, 11) is 3.82. The Morgan fingerprint density at radius 2 is 1.74 bits per heavy atom. The second-order valence-electron chi connectivity index (χ2n) is 9.78. The average Bonchev–Trinajstić information content (AvgIpc) is 3.44. The van der Waals surface area contributed by atoms with E-state index < -0.39 is 0 Å². The summed E-state index contributed by atoms with van der Waals surface area (Å²) in [5.74, 6) is 0.802. The fraction of sp³-hybridized carbons (Fsp3) is 0.0909. The van der Waals surface area contributed by atoms with E-state index in [4.69, 9.17) is 14.1 Å². The lowest BCUT2D eigenvalue weighted by Gasteiger charge is -2.16. The highest BCUT2D eigenvalue weighted by Crippen LogP contribution is 2.28. The van der Waals surface area contributed by atoms with Gasteiger partial charge < -0.3 is 19.4 Å². The second kappa shape index (κ2) is 11.4. The largest absolute Gasteiger partial charge is 0.483 e. The Bertz CT molecular complexity index is 1960. The lowest BCUT2D eigenvalue weighted by Crippen LogP contribution is -2.21. The third-order valence-corrected chi connectivity index (χ3v) is 6.64. The van der Waals surface area contributed by atoms with Gasteiger partial charge in [-0.25, -0.2) is 4.98 Å². The molecule has 0 bridgehead atoms. The van der Waals surface area contributed by atoms with Gasteiger partial charge in [-0.05, 0) is 48.5 Å². The zero-order valence-electron chi connectivity index (χ0n) is 23.0. The van der Waals surface area contributed by atoms with Crippen molar-refractivity contribution in [1.29, 1.82) is 0 Å². The number of fused-ring (bicyclic) bond motifs is 2. The molecule has 9 heteroatoms. The second-order valence-corrected chi connectivity index (χ2v) is 9.78. The maximum absolute atomic E-state index is 13.7. The first-order chi connectivity index (χ1) is 20.5. The van der Waals surface area contributed by atoms with Gasteiger partial charge in [-0.1, -0.05) is 48.5 Å². The molecule has 0 saturated carbocycles. The number of amides is 1. The number of aromatic nitrogens is 2. The molecule has 1 amide bonds. The summed E-state index contributed by atoms with van der Waals surface area (Å²) in [4.78, 5) is 32.9. The molecule has 0 aliphatic rings. The Balaban J connectivity index is 1.38. The van der Waals surface area contributed by atoms with Gasteiger partial charge in [0.25, 0.3) is 11.5 Å². The number of carbonyl (C=O) groups excluding carboxylic acids is 1. The van der Waals surface area contributed by atoms with Crippen LogP contribution >= 0.6 is 0 Å². The number of anilines is 2. The SMILES string of the molecule is CN(C)c1ccc(C=Nn2c(-c3cc4ccccc4o3)nc3ccccc3c2=O)c(OCC(=O)Nc2ccccc2)c1. The van der Waals surface area contributed by atoms with Crippen molar-refractivity contribution in [2.75, 3.05) is 30.9 Å². The minimum absolute atomic E-state index is 0.214. The Morgan fingerprint density at radius 3 is 2.55 bits per heavy atom. The quantitative estimate of drug-likeness (QED) is 0.238. The molecule has 2 aromatic heterocycles. The third kappa shape index (κ3) is 5.48. The highest BCUT2D eigenvalue weighted by Gasteiger charge is 2.17. The van der Waals surface area contributed by atoms with Crippen LogP contribution < -0.4 is 20.5 Å². The van der Waals surface area contributed by atoms with E-state index in [9.17, 15) is 9.59 Å². The van der Waals surface area contributed by atoms with Gasteiger partial charge in [0.05, 0.1) is 17.1 Å². The molecule has 0 fully saturated rings. The van der Waals surface area contributed by atoms with E-state index in [0.29, 0.717) is 39.2 Å². The van der Waals surface area contributed by atoms with Crippen LogP contribution in [0, 0.1) is 0 Å². The zero-order chi connectivity index (χ0) is 29.1. The van der Waals surface area contributed by atoms with Gasteiger partial charge in [0.1, 0.15) is 11.3 Å². The van der Waals surface area contributed by atoms with E-state index in [1.165, 1.54) is 10.9 Å². The molecule has 4 aromatic carbocycles. The van der Waals surface area contributed by atoms with Crippen LogP contribution in [0.25, 0.3) is 33.5 Å². The monoisotopic (exact) mass is 557 g/mol. The number of ether oxygens (including phenoxy) is 1. The molecular formula is C33H27N5O4. The fourth-order valence-corrected chi connectivity index (χ4v) is 4.50. The molecule has 0 radical (unpaired) electrons. The minimum Gasteiger partial charge on any atom is -0.483 e. The van der Waals surface area contributed by atoms with Gasteiger partial charge in [-0.15, -0.1) is 0 Å². The van der Waals surface area contributed by atoms with Crippen LogP contribution in [0.1, 0.15) is 5.56 Å². The first-order valence-electron chi connectivity index (χ1n) is 13.3. The molecule has 0 aliphatic carbocycles. The predicted molar refractivity (Wildman–Crippen MR) is 166 cm³/mol. The lowest BCUT2D eigenvalue weighted by atomic mass is 10.2. The van der Waals surface area contributed by atoms with Gasteiger partial charge in [-0.2, -0.15) is 9.78 Å². The van der Waals surface area contributed by atoms with Crippen molar-refractivity contribution in [1.82, 2.24) is 9.66 Å². The normalized spacial score (nSPS) is 11.3. The molecule has 9 nitrogen and oxygen atoms in total. The first-order valence-corrected chi connectivity index (χ1v) is 13.3. The van der Waals surface area contributed by atoms with Crippen LogP contribution in [-0.4, -0.2) is 42.5 Å². The summed E-state index contributed by atoms with van der Waals surface area (Å²) < 4.78 is 13.2. The van der Waals surface area contributed by atoms with Crippen LogP contribution in [-0.2, 0) is 4.79 Å². The number of hydrogen-bond donors (Lipinski definition) is 1. The Morgan fingerprint density at radius 1 is 0.976 bits per heavy atom. The highest BCUT2D eigenvalue weighted by molar-refractivity contribution is 5.92. The van der Waals surface area contributed by atoms with Crippen LogP contribution in [0.4, 0.5) is 11.4 Å². The van der Waals surface area contributed by atoms with Gasteiger partial charge in [-0.3, -0.25) is 9.59 Å². The van der Waals surface area contributed by atoms with Gasteiger partial charge in [0.2, 0.25) is 5.82 Å². The molecule has 0 spiro atoms. The number of furan rings is 1. The van der Waals surface area contributed by atoms with E-state index in [2.05, 4.69) is 10.4 Å². The molecule has 0 unspecified atom stereocenters. The Labute approximate surface area is 241 Å². The lowest BCUT2D eigenvalue weighted by molar-refractivity contribution is -0.118. The van der Waals surface area contributed by atoms with Crippen molar-refractivity contribution < 1.29 is 13.9 Å². The van der Waals surface area contributed by atoms with Crippen LogP contribution in [0.2, 0.25) is 0 Å². The highest BCUT2D eigenvalue weighted by atomic mass is 16.5. The fourth-order valence-electron chi connectivity index (χ4n) is 4.50. The van der Waals surface area contributed by atoms with Crippen molar-refractivity contribution >= 4 is 45.4 Å². The molecule has 6 aromatic rings. The van der Waals surface area contributed by atoms with E-state index in [1.807, 2.05) is 91.8 Å². The molecule has 2 heterocycles. The number of hydrogen-bond acceptors (Lipinski definition) is 7. The number of rotatable bonds is 8. The molecule has 42 heavy (non-hydrogen) atoms. The smallest absolute Gasteiger partial charge is 0.282 e. The van der Waals surface area contributed by atoms with Gasteiger partial charge >= 0.3 is 0 Å². The Kier molecular flexibility index (Phi) is 7.21. The zero-order valence-corrected chi connectivity index (χ0v) is 23.0. The minimum atomic E-state index is -0.345. The Hall–Kier alpha value is -5.70. The van der Waals surface area contributed by atoms with E-state index in [0.717, 1.165) is 11.1 Å². The van der Waals surface area contributed by atoms with E-state index in [-0.39, 0.29) is 23.9 Å². The van der Waals surface area contributed by atoms with Crippen molar-refractivity contribution in [2.24, 2.45) is 5.10 Å². The number of para-hydroxylation sites is 3. The van der Waals surface area contributed by atoms with E-state index in [1.54, 1.807) is 30.3 Å². The molecular weight excluding hydrogens is 530 g/mol. The van der Waals surface area contributed by atoms with Crippen LogP contribution in [0.15, 0.2) is 117 Å². The summed E-state index contributed by atoms with van der Waals surface area (Å²) in [6.07, 6.45) is 1.52. The summed E-state index contributed by atoms with van der Waals surface area (Å²) in [6, 6.07) is 31.2. The van der Waals surface area contributed by atoms with Crippen LogP contribution in [0.5, 0.6) is 5.75 Å². The van der Waals surface area contributed by atoms with Gasteiger partial charge in [0.15, 0.2) is 12.4 Å². The number of nitrogens with zero attached hydrogens (tertiary/aromatic N) is 4. The topological polar surface area (TPSA) is 102 Å². The third-order valence-electron chi connectivity index (χ3n) is 6.64. The number of benzene rings is 4. The molecule has 0 saturated heterocycles. The predicted octanol–water partition coefficient (Wildman–Crippen LogP) is 5.78. The summed E-state index contributed by atoms with van der Waals surface area (Å²) >= 11 is 0. The molecule has 0 aliphatic heterocycles. The van der Waals surface area contributed by atoms with Gasteiger partial charge in [0, 0.05) is 42.5 Å². The maximum atomic E-state index is 13.7. The average molecular weight is 558 g/mol. The summed E-state index contributed by atoms with van der Waals surface area (Å²) in [6.45, 7) is -0.214. The number of carbonyl (C=O) groups is 1. The maximum Gasteiger partial charge on any atom is 0.282 e. The standard InChI is InChI=1S/C33H27N5O4/c1-37(2)25-17-16-23(29(19-25)41-21-31(39)35-24-11-4-3-5-12-24)20-34-38-32(30-18-22-10-6-9-15-28(22)42-30)36-27-14-8-7-13-26(27)33(38)40/h3-20H,21H2,1-2H3,(H,35,39). The van der Waals surface area contributed by atoms with Crippen molar-refractivity contribution in [2.45, 2.75) is 0 Å². The van der Waals surface area contributed by atoms with Crippen molar-refractivity contribution in [3.8, 4) is 17.3 Å². The molecule has 0 atom stereocenters. The summed E-state index contributed by atoms with van der Waals surface area (Å²) in [5.41, 5.74) is 2.99. The number of nitrogens with one attached hydrogen (secondary N) is 1.